The van der Waals surface area contributed by atoms with Crippen LogP contribution in [0.5, 0.6) is 0 Å². The molecule has 3 rings (SSSR count). The number of H-pyrrole nitrogens is 1. The fourth-order valence-electron chi connectivity index (χ4n) is 2.95. The second-order valence-corrected chi connectivity index (χ2v) is 8.62. The Morgan fingerprint density at radius 3 is 3.08 bits per heavy atom. The Hall–Kier alpha value is -1.34. The first-order valence-corrected chi connectivity index (χ1v) is 10.2. The molecule has 0 saturated carbocycles. The normalized spacial score (nSPS) is 18.4. The van der Waals surface area contributed by atoms with Gasteiger partial charge in [-0.25, -0.2) is 4.98 Å². The average Bonchev–Trinajstić information content (AvgIpc) is 2.90. The van der Waals surface area contributed by atoms with Crippen LogP contribution >= 0.6 is 23.1 Å². The Balaban J connectivity index is 1.79. The molecule has 2 heterocycles. The van der Waals surface area contributed by atoms with Crippen LogP contribution in [0.3, 0.4) is 0 Å². The van der Waals surface area contributed by atoms with E-state index in [4.69, 9.17) is 0 Å². The minimum absolute atomic E-state index is 0.0311. The van der Waals surface area contributed by atoms with Gasteiger partial charge in [-0.05, 0) is 44.1 Å². The molecule has 7 heteroatoms. The molecule has 1 amide bonds. The van der Waals surface area contributed by atoms with Crippen LogP contribution in [-0.4, -0.2) is 27.7 Å². The minimum atomic E-state index is -0.0723. The summed E-state index contributed by atoms with van der Waals surface area (Å²) in [4.78, 5) is 33.9. The van der Waals surface area contributed by atoms with Gasteiger partial charge in [0.1, 0.15) is 4.83 Å². The summed E-state index contributed by atoms with van der Waals surface area (Å²) in [5.74, 6) is 0.903. The molecule has 0 bridgehead atoms. The standard InChI is InChI=1S/C17H23N3O2S2/c1-4-10(3)18-13(21)8-23-17-19-15(22)14-11-6-5-9(2)7-12(11)24-16(14)20-17/h9-10H,4-8H2,1-3H3,(H,18,21)(H,19,20,22). The summed E-state index contributed by atoms with van der Waals surface area (Å²) < 4.78 is 0. The van der Waals surface area contributed by atoms with Crippen molar-refractivity contribution in [1.82, 2.24) is 15.3 Å². The largest absolute Gasteiger partial charge is 0.353 e. The zero-order valence-electron chi connectivity index (χ0n) is 14.3. The molecule has 1 aliphatic rings. The lowest BCUT2D eigenvalue weighted by Gasteiger charge is -2.17. The lowest BCUT2D eigenvalue weighted by molar-refractivity contribution is -0.119. The highest BCUT2D eigenvalue weighted by Gasteiger charge is 2.23. The number of fused-ring (bicyclic) bond motifs is 3. The van der Waals surface area contributed by atoms with E-state index in [1.807, 2.05) is 13.8 Å². The van der Waals surface area contributed by atoms with Crippen LogP contribution in [0.15, 0.2) is 9.95 Å². The molecular weight excluding hydrogens is 342 g/mol. The van der Waals surface area contributed by atoms with Crippen LogP contribution in [0.25, 0.3) is 10.2 Å². The molecule has 0 fully saturated rings. The number of thioether (sulfide) groups is 1. The van der Waals surface area contributed by atoms with Crippen LogP contribution in [0.2, 0.25) is 0 Å². The van der Waals surface area contributed by atoms with Crippen molar-refractivity contribution in [2.75, 3.05) is 5.75 Å². The molecule has 0 aliphatic heterocycles. The molecule has 2 atom stereocenters. The molecule has 2 aromatic heterocycles. The molecule has 2 N–H and O–H groups in total. The predicted octanol–water partition coefficient (Wildman–Crippen LogP) is 3.12. The molecular formula is C17H23N3O2S2. The van der Waals surface area contributed by atoms with Gasteiger partial charge in [0.15, 0.2) is 5.16 Å². The van der Waals surface area contributed by atoms with E-state index in [1.165, 1.54) is 22.2 Å². The second-order valence-electron chi connectivity index (χ2n) is 6.57. The van der Waals surface area contributed by atoms with Crippen molar-refractivity contribution in [1.29, 1.82) is 0 Å². The molecule has 0 radical (unpaired) electrons. The van der Waals surface area contributed by atoms with Crippen LogP contribution in [0, 0.1) is 5.92 Å². The Labute approximate surface area is 149 Å². The van der Waals surface area contributed by atoms with Gasteiger partial charge in [0.2, 0.25) is 5.91 Å². The highest BCUT2D eigenvalue weighted by molar-refractivity contribution is 7.99. The van der Waals surface area contributed by atoms with E-state index in [0.717, 1.165) is 35.9 Å². The lowest BCUT2D eigenvalue weighted by atomic mass is 9.89. The van der Waals surface area contributed by atoms with E-state index < -0.39 is 0 Å². The number of nitrogens with zero attached hydrogens (tertiary/aromatic N) is 1. The van der Waals surface area contributed by atoms with Gasteiger partial charge in [0, 0.05) is 10.9 Å². The molecule has 0 saturated heterocycles. The van der Waals surface area contributed by atoms with Crippen LogP contribution < -0.4 is 10.9 Å². The number of hydrogen-bond acceptors (Lipinski definition) is 5. The Morgan fingerprint density at radius 2 is 2.33 bits per heavy atom. The third-order valence-electron chi connectivity index (χ3n) is 4.50. The van der Waals surface area contributed by atoms with Crippen LogP contribution in [-0.2, 0) is 17.6 Å². The molecule has 130 valence electrons. The summed E-state index contributed by atoms with van der Waals surface area (Å²) in [6.07, 6.45) is 4.03. The fourth-order valence-corrected chi connectivity index (χ4v) is 5.06. The van der Waals surface area contributed by atoms with Gasteiger partial charge in [-0.3, -0.25) is 9.59 Å². The van der Waals surface area contributed by atoms with Gasteiger partial charge in [-0.15, -0.1) is 11.3 Å². The SMILES string of the molecule is CCC(C)NC(=O)CSc1nc2sc3c(c2c(=O)[nH]1)CCC(C)C3. The zero-order chi connectivity index (χ0) is 17.3. The monoisotopic (exact) mass is 365 g/mol. The van der Waals surface area contributed by atoms with Crippen molar-refractivity contribution >= 4 is 39.2 Å². The van der Waals surface area contributed by atoms with Crippen molar-refractivity contribution in [3.8, 4) is 0 Å². The molecule has 1 aliphatic carbocycles. The predicted molar refractivity (Wildman–Crippen MR) is 100 cm³/mol. The van der Waals surface area contributed by atoms with Crippen molar-refractivity contribution in [3.05, 3.63) is 20.8 Å². The van der Waals surface area contributed by atoms with Gasteiger partial charge in [-0.2, -0.15) is 0 Å². The van der Waals surface area contributed by atoms with Gasteiger partial charge >= 0.3 is 0 Å². The highest BCUT2D eigenvalue weighted by atomic mass is 32.2. The van der Waals surface area contributed by atoms with Gasteiger partial charge < -0.3 is 10.3 Å². The third kappa shape index (κ3) is 3.67. The lowest BCUT2D eigenvalue weighted by Crippen LogP contribution is -2.33. The molecule has 2 unspecified atom stereocenters. The first kappa shape index (κ1) is 17.5. The number of aryl methyl sites for hydroxylation is 1. The summed E-state index contributed by atoms with van der Waals surface area (Å²) in [5.41, 5.74) is 1.12. The van der Waals surface area contributed by atoms with E-state index >= 15 is 0 Å². The van der Waals surface area contributed by atoms with E-state index in [-0.39, 0.29) is 23.3 Å². The van der Waals surface area contributed by atoms with Gasteiger partial charge in [0.05, 0.1) is 11.1 Å². The van der Waals surface area contributed by atoms with Crippen molar-refractivity contribution in [2.24, 2.45) is 5.92 Å². The first-order chi connectivity index (χ1) is 11.5. The molecule has 24 heavy (non-hydrogen) atoms. The van der Waals surface area contributed by atoms with Gasteiger partial charge in [-0.1, -0.05) is 25.6 Å². The number of carbonyl (C=O) groups is 1. The summed E-state index contributed by atoms with van der Waals surface area (Å²) in [5, 5.41) is 4.21. The van der Waals surface area contributed by atoms with Crippen molar-refractivity contribution in [3.63, 3.8) is 0 Å². The summed E-state index contributed by atoms with van der Waals surface area (Å²) >= 11 is 2.92. The third-order valence-corrected chi connectivity index (χ3v) is 6.52. The minimum Gasteiger partial charge on any atom is -0.353 e. The average molecular weight is 366 g/mol. The summed E-state index contributed by atoms with van der Waals surface area (Å²) in [6.45, 7) is 6.26. The van der Waals surface area contributed by atoms with E-state index in [9.17, 15) is 9.59 Å². The van der Waals surface area contributed by atoms with Crippen molar-refractivity contribution < 1.29 is 4.79 Å². The van der Waals surface area contributed by atoms with E-state index in [0.29, 0.717) is 11.1 Å². The number of carbonyl (C=O) groups excluding carboxylic acids is 1. The second kappa shape index (κ2) is 7.27. The van der Waals surface area contributed by atoms with E-state index in [1.54, 1.807) is 11.3 Å². The number of amides is 1. The van der Waals surface area contributed by atoms with Crippen LogP contribution in [0.4, 0.5) is 0 Å². The number of aromatic amines is 1. The molecule has 0 aromatic carbocycles. The molecule has 0 spiro atoms. The quantitative estimate of drug-likeness (QED) is 0.631. The van der Waals surface area contributed by atoms with Crippen LogP contribution in [0.1, 0.15) is 44.1 Å². The maximum absolute atomic E-state index is 12.5. The number of rotatable bonds is 5. The maximum Gasteiger partial charge on any atom is 0.260 e. The smallest absolute Gasteiger partial charge is 0.260 e. The number of hydrogen-bond donors (Lipinski definition) is 2. The summed E-state index contributed by atoms with van der Waals surface area (Å²) in [7, 11) is 0. The number of thiophene rings is 1. The fraction of sp³-hybridized carbons (Fsp3) is 0.588. The maximum atomic E-state index is 12.5. The number of nitrogens with one attached hydrogen (secondary N) is 2. The number of aromatic nitrogens is 2. The molecule has 2 aromatic rings. The van der Waals surface area contributed by atoms with Crippen molar-refractivity contribution in [2.45, 2.75) is 57.7 Å². The molecule has 5 nitrogen and oxygen atoms in total. The Morgan fingerprint density at radius 1 is 1.54 bits per heavy atom. The zero-order valence-corrected chi connectivity index (χ0v) is 15.9. The summed E-state index contributed by atoms with van der Waals surface area (Å²) in [6, 6.07) is 0.165. The van der Waals surface area contributed by atoms with Gasteiger partial charge in [0.25, 0.3) is 5.56 Å². The topological polar surface area (TPSA) is 74.8 Å². The van der Waals surface area contributed by atoms with E-state index in [2.05, 4.69) is 22.2 Å². The first-order valence-electron chi connectivity index (χ1n) is 8.44. The highest BCUT2D eigenvalue weighted by Crippen LogP contribution is 2.36. The Kier molecular flexibility index (Phi) is 5.30. The Bertz CT molecular complexity index is 812.